The monoisotopic (exact) mass is 424 g/mol. The Kier molecular flexibility index (Phi) is 8.48. The fourth-order valence-electron chi connectivity index (χ4n) is 2.31. The number of hydrogen-bond donors (Lipinski definition) is 2. The molecular weight excluding hydrogens is 403 g/mol. The minimum atomic E-state index is -0.312. The number of unbranched alkanes of at least 4 members (excludes halogenated alkanes) is 1. The molecule has 144 valence electrons. The van der Waals surface area contributed by atoms with Crippen LogP contribution in [-0.4, -0.2) is 17.1 Å². The van der Waals surface area contributed by atoms with Crippen molar-refractivity contribution < 1.29 is 9.59 Å². The first-order valence-corrected chi connectivity index (χ1v) is 10.3. The summed E-state index contributed by atoms with van der Waals surface area (Å²) < 4.78 is 0. The first kappa shape index (κ1) is 21.6. The molecule has 0 radical (unpaired) electrons. The van der Waals surface area contributed by atoms with E-state index in [2.05, 4.69) is 17.6 Å². The lowest BCUT2D eigenvalue weighted by atomic mass is 10.2. The molecule has 2 rings (SSSR count). The Hall–Kier alpha value is -1.69. The van der Waals surface area contributed by atoms with Gasteiger partial charge in [-0.2, -0.15) is 0 Å². The Morgan fingerprint density at radius 3 is 2.22 bits per heavy atom. The number of thioether (sulfide) groups is 1. The molecule has 4 nitrogen and oxygen atoms in total. The van der Waals surface area contributed by atoms with Gasteiger partial charge in [0.2, 0.25) is 11.8 Å². The average Bonchev–Trinajstić information content (AvgIpc) is 2.60. The predicted octanol–water partition coefficient (Wildman–Crippen LogP) is 6.24. The Balaban J connectivity index is 1.90. The molecule has 27 heavy (non-hydrogen) atoms. The Morgan fingerprint density at radius 1 is 1.00 bits per heavy atom. The topological polar surface area (TPSA) is 58.2 Å². The van der Waals surface area contributed by atoms with Crippen LogP contribution < -0.4 is 10.6 Å². The van der Waals surface area contributed by atoms with Crippen LogP contribution in [0, 0.1) is 0 Å². The van der Waals surface area contributed by atoms with Gasteiger partial charge in [-0.15, -0.1) is 11.8 Å². The smallest absolute Gasteiger partial charge is 0.237 e. The molecule has 0 bridgehead atoms. The van der Waals surface area contributed by atoms with Crippen LogP contribution in [0.4, 0.5) is 11.4 Å². The molecule has 0 aromatic heterocycles. The van der Waals surface area contributed by atoms with Gasteiger partial charge in [-0.25, -0.2) is 0 Å². The summed E-state index contributed by atoms with van der Waals surface area (Å²) in [5.41, 5.74) is 1.32. The van der Waals surface area contributed by atoms with Gasteiger partial charge in [-0.3, -0.25) is 9.59 Å². The van der Waals surface area contributed by atoms with Crippen LogP contribution in [-0.2, 0) is 9.59 Å². The summed E-state index contributed by atoms with van der Waals surface area (Å²) >= 11 is 13.3. The van der Waals surface area contributed by atoms with Gasteiger partial charge < -0.3 is 10.6 Å². The molecule has 2 aromatic carbocycles. The molecule has 0 aliphatic carbocycles. The zero-order valence-electron chi connectivity index (χ0n) is 15.2. The molecule has 0 heterocycles. The number of benzene rings is 2. The molecule has 0 aliphatic heterocycles. The highest BCUT2D eigenvalue weighted by Gasteiger charge is 2.15. The van der Waals surface area contributed by atoms with Gasteiger partial charge >= 0.3 is 0 Å². The Labute approximate surface area is 174 Å². The summed E-state index contributed by atoms with van der Waals surface area (Å²) in [6.07, 6.45) is 2.40. The van der Waals surface area contributed by atoms with E-state index in [-0.39, 0.29) is 17.1 Å². The van der Waals surface area contributed by atoms with Crippen molar-refractivity contribution in [3.05, 3.63) is 52.5 Å². The van der Waals surface area contributed by atoms with Gasteiger partial charge in [0.25, 0.3) is 0 Å². The van der Waals surface area contributed by atoms with Gasteiger partial charge in [0, 0.05) is 32.7 Å². The van der Waals surface area contributed by atoms with Crippen molar-refractivity contribution in [2.75, 3.05) is 10.6 Å². The van der Waals surface area contributed by atoms with E-state index in [0.717, 1.165) is 23.4 Å². The molecule has 2 N–H and O–H groups in total. The van der Waals surface area contributed by atoms with Crippen molar-refractivity contribution in [3.63, 3.8) is 0 Å². The van der Waals surface area contributed by atoms with Crippen molar-refractivity contribution in [2.45, 2.75) is 43.3 Å². The largest absolute Gasteiger partial charge is 0.326 e. The van der Waals surface area contributed by atoms with Crippen molar-refractivity contribution in [1.82, 2.24) is 0 Å². The van der Waals surface area contributed by atoms with Crippen molar-refractivity contribution in [1.29, 1.82) is 0 Å². The van der Waals surface area contributed by atoms with Crippen LogP contribution in [0.5, 0.6) is 0 Å². The lowest BCUT2D eigenvalue weighted by Gasteiger charge is -2.13. The number of nitrogens with one attached hydrogen (secondary N) is 2. The third kappa shape index (κ3) is 7.45. The highest BCUT2D eigenvalue weighted by atomic mass is 35.5. The molecule has 1 unspecified atom stereocenters. The van der Waals surface area contributed by atoms with Gasteiger partial charge in [0.1, 0.15) is 0 Å². The zero-order chi connectivity index (χ0) is 19.8. The summed E-state index contributed by atoms with van der Waals surface area (Å²) in [4.78, 5) is 25.1. The van der Waals surface area contributed by atoms with Gasteiger partial charge in [-0.1, -0.05) is 36.5 Å². The SMILES string of the molecule is CCCCC(=O)Nc1ccc(SC(C)C(=O)Nc2cc(Cl)cc(Cl)c2)cc1. The van der Waals surface area contributed by atoms with E-state index >= 15 is 0 Å². The molecule has 0 saturated heterocycles. The second-order valence-corrected chi connectivity index (χ2v) is 8.37. The molecule has 2 aromatic rings. The second kappa shape index (κ2) is 10.6. The van der Waals surface area contributed by atoms with Gasteiger partial charge in [-0.05, 0) is 55.8 Å². The fourth-order valence-corrected chi connectivity index (χ4v) is 3.70. The van der Waals surface area contributed by atoms with Crippen LogP contribution in [0.25, 0.3) is 0 Å². The molecule has 0 spiro atoms. The maximum Gasteiger partial charge on any atom is 0.237 e. The van der Waals surface area contributed by atoms with E-state index in [9.17, 15) is 9.59 Å². The van der Waals surface area contributed by atoms with Gasteiger partial charge in [0.05, 0.1) is 5.25 Å². The zero-order valence-corrected chi connectivity index (χ0v) is 17.5. The van der Waals surface area contributed by atoms with Crippen molar-refractivity contribution in [2.24, 2.45) is 0 Å². The number of anilines is 2. The summed E-state index contributed by atoms with van der Waals surface area (Å²) in [6, 6.07) is 12.4. The van der Waals surface area contributed by atoms with Crippen LogP contribution in [0.3, 0.4) is 0 Å². The van der Waals surface area contributed by atoms with Gasteiger partial charge in [0.15, 0.2) is 0 Å². The van der Waals surface area contributed by atoms with E-state index in [1.54, 1.807) is 18.2 Å². The maximum absolute atomic E-state index is 12.4. The summed E-state index contributed by atoms with van der Waals surface area (Å²) in [6.45, 7) is 3.88. The predicted molar refractivity (Wildman–Crippen MR) is 115 cm³/mol. The molecular formula is C20H22Cl2N2O2S. The number of carbonyl (C=O) groups is 2. The molecule has 7 heteroatoms. The number of amides is 2. The number of halogens is 2. The summed E-state index contributed by atoms with van der Waals surface area (Å²) in [7, 11) is 0. The summed E-state index contributed by atoms with van der Waals surface area (Å²) in [5.74, 6) is -0.125. The number of hydrogen-bond acceptors (Lipinski definition) is 3. The van der Waals surface area contributed by atoms with Crippen LogP contribution in [0.15, 0.2) is 47.4 Å². The maximum atomic E-state index is 12.4. The molecule has 0 saturated carbocycles. The van der Waals surface area contributed by atoms with Crippen LogP contribution in [0.2, 0.25) is 10.0 Å². The van der Waals surface area contributed by atoms with E-state index < -0.39 is 0 Å². The quantitative estimate of drug-likeness (QED) is 0.492. The average molecular weight is 425 g/mol. The van der Waals surface area contributed by atoms with Crippen LogP contribution >= 0.6 is 35.0 Å². The lowest BCUT2D eigenvalue weighted by Crippen LogP contribution is -2.22. The number of rotatable bonds is 8. The van der Waals surface area contributed by atoms with E-state index in [1.807, 2.05) is 31.2 Å². The minimum Gasteiger partial charge on any atom is -0.326 e. The fraction of sp³-hybridized carbons (Fsp3) is 0.300. The van der Waals surface area contributed by atoms with Crippen molar-refractivity contribution >= 4 is 58.2 Å². The summed E-state index contributed by atoms with van der Waals surface area (Å²) in [5, 5.41) is 6.31. The second-order valence-electron chi connectivity index (χ2n) is 6.08. The lowest BCUT2D eigenvalue weighted by molar-refractivity contribution is -0.116. The highest BCUT2D eigenvalue weighted by Crippen LogP contribution is 2.27. The molecule has 0 aliphatic rings. The first-order chi connectivity index (χ1) is 12.9. The van der Waals surface area contributed by atoms with E-state index in [1.165, 1.54) is 11.8 Å². The minimum absolute atomic E-state index is 0.0187. The Bertz CT molecular complexity index is 777. The number of carbonyl (C=O) groups excluding carboxylic acids is 2. The van der Waals surface area contributed by atoms with E-state index in [0.29, 0.717) is 22.2 Å². The highest BCUT2D eigenvalue weighted by molar-refractivity contribution is 8.00. The molecule has 2 amide bonds. The van der Waals surface area contributed by atoms with E-state index in [4.69, 9.17) is 23.2 Å². The first-order valence-electron chi connectivity index (χ1n) is 8.71. The van der Waals surface area contributed by atoms with Crippen LogP contribution in [0.1, 0.15) is 33.1 Å². The van der Waals surface area contributed by atoms with Crippen molar-refractivity contribution in [3.8, 4) is 0 Å². The molecule has 0 fully saturated rings. The third-order valence-corrected chi connectivity index (χ3v) is 5.26. The normalized spacial score (nSPS) is 11.7. The standard InChI is InChI=1S/C20H22Cl2N2O2S/c1-3-4-5-19(25)23-16-6-8-18(9-7-16)27-13(2)20(26)24-17-11-14(21)10-15(22)12-17/h6-13H,3-5H2,1-2H3,(H,23,25)(H,24,26). The third-order valence-electron chi connectivity index (χ3n) is 3.71. The Morgan fingerprint density at radius 2 is 1.63 bits per heavy atom. The molecule has 1 atom stereocenters.